The molecule has 2 aromatic rings. The van der Waals surface area contributed by atoms with Gasteiger partial charge < -0.3 is 15.4 Å². The van der Waals surface area contributed by atoms with Crippen LogP contribution < -0.4 is 15.4 Å². The number of aryl methyl sites for hydroxylation is 1. The minimum absolute atomic E-state index is 0.0623. The molecule has 4 saturated carbocycles. The summed E-state index contributed by atoms with van der Waals surface area (Å²) in [5.74, 6) is -0.182. The molecule has 6 rings (SSSR count). The Morgan fingerprint density at radius 3 is 2.50 bits per heavy atom. The van der Waals surface area contributed by atoms with Gasteiger partial charge in [0.1, 0.15) is 5.82 Å². The number of nitrogens with one attached hydrogen (secondary N) is 2. The fourth-order valence-electron chi connectivity index (χ4n) is 6.36. The number of aromatic nitrogens is 2. The summed E-state index contributed by atoms with van der Waals surface area (Å²) in [4.78, 5) is 33.8. The van der Waals surface area contributed by atoms with Gasteiger partial charge in [-0.05, 0) is 75.5 Å². The number of nitrogens with zero attached hydrogens (tertiary/aromatic N) is 2. The molecule has 4 aliphatic carbocycles. The van der Waals surface area contributed by atoms with Crippen LogP contribution >= 0.6 is 11.6 Å². The van der Waals surface area contributed by atoms with Crippen molar-refractivity contribution < 1.29 is 18.7 Å². The molecule has 4 aliphatic rings. The summed E-state index contributed by atoms with van der Waals surface area (Å²) in [5.41, 5.74) is -0.377. The van der Waals surface area contributed by atoms with E-state index >= 15 is 0 Å². The third-order valence-corrected chi connectivity index (χ3v) is 7.15. The Hall–Kier alpha value is -2.74. The second-order valence-corrected chi connectivity index (χ2v) is 10.0. The fourth-order valence-corrected chi connectivity index (χ4v) is 6.53. The lowest BCUT2D eigenvalue weighted by Gasteiger charge is -2.62. The number of hydrogen-bond acceptors (Lipinski definition) is 5. The smallest absolute Gasteiger partial charge is 0.390 e. The SMILES string of the molecule is Cc1cncc(OC(=O)NC23CC4CC(C2)CC(NC(=O)c2cc(Cl)ccc2F)(C4)C3)n1. The number of carbonyl (C=O) groups excluding carboxylic acids is 2. The number of hydrogen-bond donors (Lipinski definition) is 2. The molecule has 1 aromatic heterocycles. The summed E-state index contributed by atoms with van der Waals surface area (Å²) >= 11 is 5.97. The van der Waals surface area contributed by atoms with Crippen molar-refractivity contribution in [1.29, 1.82) is 0 Å². The van der Waals surface area contributed by atoms with Crippen molar-refractivity contribution in [3.8, 4) is 5.88 Å². The fraction of sp³-hybridized carbons (Fsp3) is 0.478. The lowest BCUT2D eigenvalue weighted by molar-refractivity contribution is -0.0450. The lowest BCUT2D eigenvalue weighted by atomic mass is 9.50. The van der Waals surface area contributed by atoms with E-state index in [1.165, 1.54) is 24.4 Å². The summed E-state index contributed by atoms with van der Waals surface area (Å²) in [6, 6.07) is 3.96. The highest BCUT2D eigenvalue weighted by Crippen LogP contribution is 2.57. The normalized spacial score (nSPS) is 30.1. The van der Waals surface area contributed by atoms with E-state index in [4.69, 9.17) is 16.3 Å². The molecule has 2 amide bonds. The Morgan fingerprint density at radius 2 is 1.81 bits per heavy atom. The monoisotopic (exact) mass is 458 g/mol. The van der Waals surface area contributed by atoms with Crippen LogP contribution in [0.5, 0.6) is 5.88 Å². The van der Waals surface area contributed by atoms with Crippen LogP contribution in [0.15, 0.2) is 30.6 Å². The second-order valence-electron chi connectivity index (χ2n) is 9.61. The predicted molar refractivity (Wildman–Crippen MR) is 115 cm³/mol. The van der Waals surface area contributed by atoms with Crippen LogP contribution in [0.1, 0.15) is 54.6 Å². The van der Waals surface area contributed by atoms with Gasteiger partial charge in [0, 0.05) is 22.3 Å². The van der Waals surface area contributed by atoms with Gasteiger partial charge >= 0.3 is 6.09 Å². The minimum Gasteiger partial charge on any atom is -0.390 e. The Bertz CT molecular complexity index is 1080. The average molecular weight is 459 g/mol. The zero-order chi connectivity index (χ0) is 22.5. The van der Waals surface area contributed by atoms with Crippen molar-refractivity contribution in [1.82, 2.24) is 20.6 Å². The molecule has 4 fully saturated rings. The number of rotatable bonds is 4. The maximum atomic E-state index is 14.3. The number of amides is 2. The molecule has 0 radical (unpaired) electrons. The highest BCUT2D eigenvalue weighted by Gasteiger charge is 2.59. The molecule has 168 valence electrons. The molecule has 0 spiro atoms. The zero-order valence-corrected chi connectivity index (χ0v) is 18.4. The molecule has 32 heavy (non-hydrogen) atoms. The molecular weight excluding hydrogens is 435 g/mol. The molecular formula is C23H24ClFN4O3. The van der Waals surface area contributed by atoms with E-state index in [2.05, 4.69) is 20.6 Å². The van der Waals surface area contributed by atoms with E-state index in [1.54, 1.807) is 13.1 Å². The molecule has 1 heterocycles. The van der Waals surface area contributed by atoms with E-state index in [0.717, 1.165) is 32.1 Å². The van der Waals surface area contributed by atoms with E-state index < -0.39 is 28.9 Å². The van der Waals surface area contributed by atoms with Gasteiger partial charge in [0.25, 0.3) is 5.91 Å². The van der Waals surface area contributed by atoms with Crippen LogP contribution in [0.4, 0.5) is 9.18 Å². The minimum atomic E-state index is -0.604. The lowest BCUT2D eigenvalue weighted by Crippen LogP contribution is -2.70. The van der Waals surface area contributed by atoms with Crippen molar-refractivity contribution >= 4 is 23.6 Å². The Morgan fingerprint density at radius 1 is 1.12 bits per heavy atom. The molecule has 2 unspecified atom stereocenters. The predicted octanol–water partition coefficient (Wildman–Crippen LogP) is 4.19. The molecule has 1 aromatic carbocycles. The van der Waals surface area contributed by atoms with Gasteiger partial charge in [0.05, 0.1) is 17.5 Å². The van der Waals surface area contributed by atoms with Crippen LogP contribution in [0.2, 0.25) is 5.02 Å². The molecule has 2 N–H and O–H groups in total. The van der Waals surface area contributed by atoms with Gasteiger partial charge in [-0.2, -0.15) is 0 Å². The van der Waals surface area contributed by atoms with Crippen LogP contribution in [0, 0.1) is 24.6 Å². The van der Waals surface area contributed by atoms with Crippen molar-refractivity contribution in [3.63, 3.8) is 0 Å². The Kier molecular flexibility index (Phi) is 5.08. The third-order valence-electron chi connectivity index (χ3n) is 6.91. The van der Waals surface area contributed by atoms with E-state index in [-0.39, 0.29) is 11.4 Å². The van der Waals surface area contributed by atoms with Gasteiger partial charge in [-0.15, -0.1) is 0 Å². The summed E-state index contributed by atoms with van der Waals surface area (Å²) in [5, 5.41) is 6.49. The van der Waals surface area contributed by atoms with E-state index in [0.29, 0.717) is 29.0 Å². The summed E-state index contributed by atoms with van der Waals surface area (Å²) in [7, 11) is 0. The topological polar surface area (TPSA) is 93.2 Å². The van der Waals surface area contributed by atoms with Crippen LogP contribution in [0.3, 0.4) is 0 Å². The quantitative estimate of drug-likeness (QED) is 0.716. The van der Waals surface area contributed by atoms with Crippen LogP contribution in [-0.4, -0.2) is 33.0 Å². The third kappa shape index (κ3) is 4.03. The highest BCUT2D eigenvalue weighted by atomic mass is 35.5. The standard InChI is InChI=1S/C23H24ClFN4O3/c1-13-10-26-11-19(27-13)32-21(31)29-23-8-14-4-15(9-23)7-22(6-14,12-23)28-20(30)17-5-16(24)2-3-18(17)25/h2-3,5,10-11,14-15H,4,6-9,12H2,1H3,(H,28,30)(H,29,31). The average Bonchev–Trinajstić information content (AvgIpc) is 2.67. The largest absolute Gasteiger partial charge is 0.414 e. The van der Waals surface area contributed by atoms with E-state index in [9.17, 15) is 14.0 Å². The van der Waals surface area contributed by atoms with E-state index in [1.807, 2.05) is 0 Å². The van der Waals surface area contributed by atoms with Crippen LogP contribution in [0.25, 0.3) is 0 Å². The van der Waals surface area contributed by atoms with Crippen molar-refractivity contribution in [2.24, 2.45) is 11.8 Å². The molecule has 9 heteroatoms. The van der Waals surface area contributed by atoms with Gasteiger partial charge in [-0.3, -0.25) is 9.78 Å². The maximum Gasteiger partial charge on any atom is 0.414 e. The number of ether oxygens (including phenoxy) is 1. The molecule has 0 aliphatic heterocycles. The first-order chi connectivity index (χ1) is 15.2. The Labute approximate surface area is 190 Å². The van der Waals surface area contributed by atoms with Gasteiger partial charge in [0.15, 0.2) is 0 Å². The van der Waals surface area contributed by atoms with Crippen LogP contribution in [-0.2, 0) is 0 Å². The van der Waals surface area contributed by atoms with Gasteiger partial charge in [0.2, 0.25) is 5.88 Å². The number of carbonyl (C=O) groups is 2. The van der Waals surface area contributed by atoms with Crippen molar-refractivity contribution in [2.75, 3.05) is 0 Å². The summed E-state index contributed by atoms with van der Waals surface area (Å²) in [6.07, 6.45) is 7.36. The first-order valence-corrected chi connectivity index (χ1v) is 11.2. The number of benzene rings is 1. The molecule has 2 atom stereocenters. The van der Waals surface area contributed by atoms with Crippen molar-refractivity contribution in [2.45, 2.75) is 56.5 Å². The zero-order valence-electron chi connectivity index (χ0n) is 17.7. The first-order valence-electron chi connectivity index (χ1n) is 10.8. The number of halogens is 2. The summed E-state index contributed by atoms with van der Waals surface area (Å²) < 4.78 is 19.6. The van der Waals surface area contributed by atoms with Crippen molar-refractivity contribution in [3.05, 3.63) is 52.7 Å². The second kappa shape index (κ2) is 7.69. The first kappa shape index (κ1) is 21.1. The highest BCUT2D eigenvalue weighted by molar-refractivity contribution is 6.31. The maximum absolute atomic E-state index is 14.3. The molecule has 4 bridgehead atoms. The molecule has 7 nitrogen and oxygen atoms in total. The molecule has 0 saturated heterocycles. The van der Waals surface area contributed by atoms with Gasteiger partial charge in [-0.1, -0.05) is 11.6 Å². The Balaban J connectivity index is 1.34. The van der Waals surface area contributed by atoms with Gasteiger partial charge in [-0.25, -0.2) is 14.2 Å². The summed E-state index contributed by atoms with van der Waals surface area (Å²) in [6.45, 7) is 1.77.